The SMILES string of the molecule is O=C(O)CN(CCOCc1ccccc1)C(=O)CN(CCOCc1ccccc1)C(=O)CN(CCOCc1ccccc1)C(=O)CN(CCOCc1ccccc1)C(=O)CN(CCOCc1ccccc1)C(=O)CN(CCOCc1ccccc1)C(=O)CN(CCOCc1ccccc1)C(=O)CN(CCOCc1ccccc1)C(=O)CN(CCOCc1ccccc1)C(=O)CNCCOCc1ccccc1. The van der Waals surface area contributed by atoms with Gasteiger partial charge in [-0.3, -0.25) is 47.9 Å². The number of benzene rings is 10. The maximum absolute atomic E-state index is 15.8. The number of nitrogens with zero attached hydrogens (tertiary/aromatic N) is 9. The zero-order valence-electron chi connectivity index (χ0n) is 80.3. The third-order valence-electron chi connectivity index (χ3n) is 22.5. The molecule has 9 amide bonds. The fourth-order valence-corrected chi connectivity index (χ4v) is 14.6. The number of carboxylic acids is 1. The Morgan fingerprint density at radius 3 is 0.447 bits per heavy atom. The van der Waals surface area contributed by atoms with Crippen LogP contribution in [-0.4, -0.2) is 305 Å². The van der Waals surface area contributed by atoms with Gasteiger partial charge in [0.05, 0.1) is 191 Å². The summed E-state index contributed by atoms with van der Waals surface area (Å²) in [5.41, 5.74) is 8.53. The molecule has 10 aromatic rings. The second-order valence-electron chi connectivity index (χ2n) is 33.3. The van der Waals surface area contributed by atoms with Crippen molar-refractivity contribution in [1.29, 1.82) is 0 Å². The van der Waals surface area contributed by atoms with Crippen LogP contribution in [0.2, 0.25) is 0 Å². The molecule has 10 rings (SSSR count). The summed E-state index contributed by atoms with van der Waals surface area (Å²) in [6, 6.07) is 93.8. The number of nitrogens with one attached hydrogen (secondary N) is 1. The Hall–Kier alpha value is -13.5. The summed E-state index contributed by atoms with van der Waals surface area (Å²) in [6.45, 7) is -6.09. The number of ether oxygens (including phenoxy) is 10. The maximum Gasteiger partial charge on any atom is 0.323 e. The first-order valence-corrected chi connectivity index (χ1v) is 47.6. The van der Waals surface area contributed by atoms with E-state index in [1.54, 1.807) is 0 Å². The lowest BCUT2D eigenvalue weighted by atomic mass is 10.2. The summed E-state index contributed by atoms with van der Waals surface area (Å²) in [5.74, 6) is -7.49. The molecular formula is C110H132N10O21. The lowest BCUT2D eigenvalue weighted by Gasteiger charge is -2.33. The van der Waals surface area contributed by atoms with Crippen molar-refractivity contribution < 1.29 is 100 Å². The molecule has 0 aliphatic carbocycles. The van der Waals surface area contributed by atoms with Crippen LogP contribution < -0.4 is 5.32 Å². The molecule has 748 valence electrons. The first-order valence-electron chi connectivity index (χ1n) is 47.6. The zero-order chi connectivity index (χ0) is 99.2. The van der Waals surface area contributed by atoms with E-state index in [1.807, 2.05) is 303 Å². The average molecular weight is 1930 g/mol. The first-order chi connectivity index (χ1) is 69.0. The molecule has 31 heteroatoms. The van der Waals surface area contributed by atoms with Crippen molar-refractivity contribution in [2.75, 3.05) is 197 Å². The standard InChI is InChI=1S/C110H132N10O21/c121-101(71-111-51-61-132-81-91-31-11-1-12-32-91)112(52-62-133-82-92-33-13-2-14-34-92)72-102(122)113(53-63-134-83-93-35-15-3-16-36-93)73-103(123)114(54-64-135-84-94-37-17-4-18-38-94)74-104(124)115(55-65-136-85-95-39-19-5-20-40-95)75-105(125)116(56-66-137-86-96-41-21-6-22-42-96)76-106(126)117(57-67-138-87-97-43-23-7-24-44-97)77-107(127)118(58-68-139-88-98-45-25-8-26-46-98)78-108(128)119(59-69-140-89-99-47-27-9-28-48-99)79-109(129)120(80-110(130)131)60-70-141-90-100-49-29-10-30-50-100/h1-50,111H,51-90H2,(H,130,131). The number of carboxylic acid groups (broad SMARTS) is 1. The molecular weight excluding hydrogens is 1800 g/mol. The minimum atomic E-state index is -1.30. The van der Waals surface area contributed by atoms with Gasteiger partial charge in [0.2, 0.25) is 53.2 Å². The van der Waals surface area contributed by atoms with Crippen LogP contribution in [-0.2, 0) is 161 Å². The highest BCUT2D eigenvalue weighted by atomic mass is 16.5. The highest BCUT2D eigenvalue weighted by Crippen LogP contribution is 2.16. The number of hydrogen-bond acceptors (Lipinski definition) is 21. The van der Waals surface area contributed by atoms with Crippen LogP contribution in [0, 0.1) is 0 Å². The molecule has 2 N–H and O–H groups in total. The molecule has 0 unspecified atom stereocenters. The molecule has 0 aliphatic rings. The van der Waals surface area contributed by atoms with E-state index < -0.39 is 118 Å². The van der Waals surface area contributed by atoms with Crippen molar-refractivity contribution >= 4 is 59.1 Å². The average Bonchev–Trinajstić information content (AvgIpc) is 0.852. The van der Waals surface area contributed by atoms with Gasteiger partial charge in [-0.1, -0.05) is 303 Å². The van der Waals surface area contributed by atoms with E-state index in [4.69, 9.17) is 47.4 Å². The molecule has 0 saturated heterocycles. The normalized spacial score (nSPS) is 11.0. The highest BCUT2D eigenvalue weighted by molar-refractivity contribution is 5.94. The molecule has 0 radical (unpaired) electrons. The van der Waals surface area contributed by atoms with Gasteiger partial charge < -0.3 is 102 Å². The minimum Gasteiger partial charge on any atom is -0.480 e. The van der Waals surface area contributed by atoms with E-state index in [0.717, 1.165) is 60.5 Å². The van der Waals surface area contributed by atoms with Crippen molar-refractivity contribution in [3.05, 3.63) is 359 Å². The number of carbonyl (C=O) groups excluding carboxylic acids is 9. The van der Waals surface area contributed by atoms with Crippen LogP contribution in [0.15, 0.2) is 303 Å². The summed E-state index contributed by atoms with van der Waals surface area (Å²) in [6.07, 6.45) is 0. The highest BCUT2D eigenvalue weighted by Gasteiger charge is 2.33. The van der Waals surface area contributed by atoms with Crippen molar-refractivity contribution in [3.63, 3.8) is 0 Å². The molecule has 0 bridgehead atoms. The maximum atomic E-state index is 15.8. The predicted molar refractivity (Wildman–Crippen MR) is 531 cm³/mol. The van der Waals surface area contributed by atoms with E-state index >= 15 is 33.6 Å². The second kappa shape index (κ2) is 65.4. The van der Waals surface area contributed by atoms with Gasteiger partial charge in [0.25, 0.3) is 0 Å². The summed E-state index contributed by atoms with van der Waals surface area (Å²) in [5, 5.41) is 13.3. The van der Waals surface area contributed by atoms with E-state index in [-0.39, 0.29) is 191 Å². The Morgan fingerprint density at radius 2 is 0.305 bits per heavy atom. The minimum absolute atomic E-state index is 0.00371. The summed E-state index contributed by atoms with van der Waals surface area (Å²) in [4.78, 5) is 162. The van der Waals surface area contributed by atoms with Gasteiger partial charge in [-0.25, -0.2) is 0 Å². The molecule has 0 spiro atoms. The molecule has 31 nitrogen and oxygen atoms in total. The number of amides is 9. The van der Waals surface area contributed by atoms with Gasteiger partial charge in [0.1, 0.15) is 6.54 Å². The van der Waals surface area contributed by atoms with Gasteiger partial charge in [-0.05, 0) is 55.6 Å². The monoisotopic (exact) mass is 1930 g/mol. The Balaban J connectivity index is 0.932. The number of hydrogen-bond donors (Lipinski definition) is 2. The lowest BCUT2D eigenvalue weighted by Crippen LogP contribution is -2.54. The van der Waals surface area contributed by atoms with Gasteiger partial charge >= 0.3 is 5.97 Å². The number of carbonyl (C=O) groups is 10. The molecule has 0 heterocycles. The number of rotatable bonds is 70. The Kier molecular flexibility index (Phi) is 50.8. The van der Waals surface area contributed by atoms with Crippen LogP contribution in [0.4, 0.5) is 0 Å². The third kappa shape index (κ3) is 44.2. The molecule has 10 aromatic carbocycles. The quantitative estimate of drug-likeness (QED) is 0.0335. The smallest absolute Gasteiger partial charge is 0.323 e. The fourth-order valence-electron chi connectivity index (χ4n) is 14.6. The number of aliphatic carboxylic acids is 1. The van der Waals surface area contributed by atoms with Crippen molar-refractivity contribution in [1.82, 2.24) is 49.4 Å². The Morgan fingerprint density at radius 1 is 0.177 bits per heavy atom. The van der Waals surface area contributed by atoms with E-state index in [9.17, 15) is 19.5 Å². The molecule has 0 atom stereocenters. The van der Waals surface area contributed by atoms with Crippen molar-refractivity contribution in [3.8, 4) is 0 Å². The molecule has 0 fully saturated rings. The van der Waals surface area contributed by atoms with Gasteiger partial charge in [-0.2, -0.15) is 0 Å². The molecule has 0 aliphatic heterocycles. The molecule has 0 saturated carbocycles. The molecule has 0 aromatic heterocycles. The van der Waals surface area contributed by atoms with E-state index in [1.165, 1.54) is 39.2 Å². The summed E-state index contributed by atoms with van der Waals surface area (Å²) < 4.78 is 61.2. The lowest BCUT2D eigenvalue weighted by molar-refractivity contribution is -0.150. The van der Waals surface area contributed by atoms with Gasteiger partial charge in [0, 0.05) is 65.4 Å². The van der Waals surface area contributed by atoms with Crippen LogP contribution in [0.5, 0.6) is 0 Å². The van der Waals surface area contributed by atoms with Crippen molar-refractivity contribution in [2.45, 2.75) is 66.1 Å². The van der Waals surface area contributed by atoms with Crippen LogP contribution in [0.1, 0.15) is 55.6 Å². The van der Waals surface area contributed by atoms with Crippen LogP contribution >= 0.6 is 0 Å². The Labute approximate surface area is 826 Å². The van der Waals surface area contributed by atoms with E-state index in [0.29, 0.717) is 13.2 Å². The van der Waals surface area contributed by atoms with Gasteiger partial charge in [0.15, 0.2) is 0 Å². The summed E-state index contributed by atoms with van der Waals surface area (Å²) in [7, 11) is 0. The van der Waals surface area contributed by atoms with Gasteiger partial charge in [-0.15, -0.1) is 0 Å². The second-order valence-corrected chi connectivity index (χ2v) is 33.3. The van der Waals surface area contributed by atoms with E-state index in [2.05, 4.69) is 5.32 Å². The summed E-state index contributed by atoms with van der Waals surface area (Å²) >= 11 is 0. The third-order valence-corrected chi connectivity index (χ3v) is 22.5. The van der Waals surface area contributed by atoms with Crippen LogP contribution in [0.3, 0.4) is 0 Å². The molecule has 141 heavy (non-hydrogen) atoms. The Bertz CT molecular complexity index is 5240. The zero-order valence-corrected chi connectivity index (χ0v) is 80.3. The topological polar surface area (TPSA) is 324 Å². The fraction of sp³-hybridized carbons (Fsp3) is 0.364. The van der Waals surface area contributed by atoms with Crippen LogP contribution in [0.25, 0.3) is 0 Å². The first kappa shape index (κ1) is 109. The predicted octanol–water partition coefficient (Wildman–Crippen LogP) is 10.3. The van der Waals surface area contributed by atoms with Crippen molar-refractivity contribution in [2.24, 2.45) is 0 Å². The largest absolute Gasteiger partial charge is 0.480 e.